The fraction of sp³-hybridized carbons (Fsp3) is 0.182. The van der Waals surface area contributed by atoms with E-state index < -0.39 is 0 Å². The second-order valence-electron chi connectivity index (χ2n) is 3.48. The number of hydrogen-bond donors (Lipinski definition) is 1. The fourth-order valence-electron chi connectivity index (χ4n) is 1.54. The first kappa shape index (κ1) is 12.7. The monoisotopic (exact) mass is 334 g/mol. The van der Waals surface area contributed by atoms with E-state index in [0.717, 1.165) is 21.4 Å². The molecular formula is C11H9BrCl2N2O. The molecule has 1 N–H and O–H groups in total. The van der Waals surface area contributed by atoms with Crippen LogP contribution in [0.1, 0.15) is 5.69 Å². The van der Waals surface area contributed by atoms with Crippen LogP contribution in [0.25, 0.3) is 11.3 Å². The van der Waals surface area contributed by atoms with Crippen LogP contribution >= 0.6 is 39.1 Å². The van der Waals surface area contributed by atoms with E-state index in [9.17, 15) is 0 Å². The van der Waals surface area contributed by atoms with Crippen molar-refractivity contribution in [2.45, 2.75) is 6.92 Å². The molecule has 0 spiro atoms. The Morgan fingerprint density at radius 1 is 1.35 bits per heavy atom. The number of hydrogen-bond acceptors (Lipinski definition) is 2. The lowest BCUT2D eigenvalue weighted by molar-refractivity contribution is 0.416. The van der Waals surface area contributed by atoms with Gasteiger partial charge in [-0.05, 0) is 35.0 Å². The van der Waals surface area contributed by atoms with E-state index in [4.69, 9.17) is 27.9 Å². The molecule has 1 heterocycles. The zero-order valence-corrected chi connectivity index (χ0v) is 12.2. The van der Waals surface area contributed by atoms with Crippen LogP contribution in [0.15, 0.2) is 16.6 Å². The minimum absolute atomic E-state index is 0.461. The van der Waals surface area contributed by atoms with Gasteiger partial charge in [-0.3, -0.25) is 5.10 Å². The van der Waals surface area contributed by atoms with Crippen LogP contribution in [0, 0.1) is 6.92 Å². The van der Waals surface area contributed by atoms with Gasteiger partial charge in [0, 0.05) is 16.3 Å². The van der Waals surface area contributed by atoms with Crippen molar-refractivity contribution < 1.29 is 4.74 Å². The number of nitrogens with one attached hydrogen (secondary N) is 1. The van der Waals surface area contributed by atoms with Crippen molar-refractivity contribution in [1.29, 1.82) is 0 Å². The van der Waals surface area contributed by atoms with Gasteiger partial charge in [-0.2, -0.15) is 5.10 Å². The minimum atomic E-state index is 0.461. The summed E-state index contributed by atoms with van der Waals surface area (Å²) in [7, 11) is 1.56. The van der Waals surface area contributed by atoms with Gasteiger partial charge in [-0.1, -0.05) is 23.2 Å². The topological polar surface area (TPSA) is 37.9 Å². The minimum Gasteiger partial charge on any atom is -0.494 e. The molecule has 0 aliphatic carbocycles. The molecule has 17 heavy (non-hydrogen) atoms. The Hall–Kier alpha value is -0.710. The first-order chi connectivity index (χ1) is 8.04. The van der Waals surface area contributed by atoms with Crippen LogP contribution in [-0.4, -0.2) is 17.3 Å². The van der Waals surface area contributed by atoms with Crippen molar-refractivity contribution in [3.8, 4) is 17.0 Å². The second-order valence-corrected chi connectivity index (χ2v) is 5.12. The Kier molecular flexibility index (Phi) is 3.66. The predicted molar refractivity (Wildman–Crippen MR) is 73.0 cm³/mol. The smallest absolute Gasteiger partial charge is 0.147 e. The van der Waals surface area contributed by atoms with Crippen molar-refractivity contribution in [2.75, 3.05) is 7.11 Å². The van der Waals surface area contributed by atoms with Gasteiger partial charge in [0.1, 0.15) is 11.4 Å². The van der Waals surface area contributed by atoms with Gasteiger partial charge >= 0.3 is 0 Å². The summed E-state index contributed by atoms with van der Waals surface area (Å²) >= 11 is 15.5. The van der Waals surface area contributed by atoms with Gasteiger partial charge in [0.05, 0.1) is 16.6 Å². The number of ether oxygens (including phenoxy) is 1. The molecule has 0 unspecified atom stereocenters. The van der Waals surface area contributed by atoms with E-state index >= 15 is 0 Å². The largest absolute Gasteiger partial charge is 0.494 e. The summed E-state index contributed by atoms with van der Waals surface area (Å²) in [4.78, 5) is 0. The Labute approximate surface area is 117 Å². The summed E-state index contributed by atoms with van der Waals surface area (Å²) < 4.78 is 6.15. The molecule has 6 heteroatoms. The average Bonchev–Trinajstić information content (AvgIpc) is 2.59. The zero-order chi connectivity index (χ0) is 12.6. The molecular weight excluding hydrogens is 327 g/mol. The van der Waals surface area contributed by atoms with E-state index in [2.05, 4.69) is 26.1 Å². The molecule has 0 saturated heterocycles. The summed E-state index contributed by atoms with van der Waals surface area (Å²) in [5.41, 5.74) is 2.41. The zero-order valence-electron chi connectivity index (χ0n) is 9.14. The highest BCUT2D eigenvalue weighted by atomic mass is 79.9. The van der Waals surface area contributed by atoms with Crippen LogP contribution in [0.2, 0.25) is 10.0 Å². The quantitative estimate of drug-likeness (QED) is 0.879. The highest BCUT2D eigenvalue weighted by Crippen LogP contribution is 2.41. The maximum absolute atomic E-state index is 6.08. The molecule has 2 rings (SSSR count). The van der Waals surface area contributed by atoms with E-state index in [-0.39, 0.29) is 0 Å². The van der Waals surface area contributed by atoms with Gasteiger partial charge in [0.2, 0.25) is 0 Å². The first-order valence-electron chi connectivity index (χ1n) is 4.78. The standard InChI is InChI=1S/C11H9BrCl2N2O/c1-5-9(12)10(16-15-5)7-3-6(13)4-8(14)11(7)17-2/h3-4H,1-2H3,(H,15,16). The molecule has 3 nitrogen and oxygen atoms in total. The van der Waals surface area contributed by atoms with Crippen LogP contribution < -0.4 is 4.74 Å². The van der Waals surface area contributed by atoms with Gasteiger partial charge in [0.25, 0.3) is 0 Å². The first-order valence-corrected chi connectivity index (χ1v) is 6.33. The number of aromatic amines is 1. The van der Waals surface area contributed by atoms with Gasteiger partial charge < -0.3 is 4.74 Å². The SMILES string of the molecule is COc1c(Cl)cc(Cl)cc1-c1n[nH]c(C)c1Br. The number of nitrogens with zero attached hydrogens (tertiary/aromatic N) is 1. The third-order valence-electron chi connectivity index (χ3n) is 2.34. The molecule has 0 amide bonds. The Morgan fingerprint density at radius 2 is 2.06 bits per heavy atom. The summed E-state index contributed by atoms with van der Waals surface area (Å²) in [6, 6.07) is 3.41. The molecule has 1 aromatic carbocycles. The number of H-pyrrole nitrogens is 1. The van der Waals surface area contributed by atoms with Crippen LogP contribution in [-0.2, 0) is 0 Å². The molecule has 0 atom stereocenters. The van der Waals surface area contributed by atoms with Crippen molar-refractivity contribution in [3.63, 3.8) is 0 Å². The molecule has 1 aromatic heterocycles. The maximum atomic E-state index is 6.08. The van der Waals surface area contributed by atoms with Gasteiger partial charge in [-0.25, -0.2) is 0 Å². The lowest BCUT2D eigenvalue weighted by atomic mass is 10.1. The molecule has 0 aliphatic heterocycles. The summed E-state index contributed by atoms with van der Waals surface area (Å²) in [6.45, 7) is 1.92. The molecule has 0 saturated carbocycles. The highest BCUT2D eigenvalue weighted by Gasteiger charge is 2.17. The predicted octanol–water partition coefficient (Wildman–Crippen LogP) is 4.46. The number of aromatic nitrogens is 2. The molecule has 0 aliphatic rings. The molecule has 0 radical (unpaired) electrons. The van der Waals surface area contributed by atoms with E-state index in [1.165, 1.54) is 0 Å². The van der Waals surface area contributed by atoms with Crippen molar-refractivity contribution in [2.24, 2.45) is 0 Å². The molecule has 90 valence electrons. The van der Waals surface area contributed by atoms with Gasteiger partial charge in [-0.15, -0.1) is 0 Å². The Morgan fingerprint density at radius 3 is 2.59 bits per heavy atom. The number of benzene rings is 1. The third-order valence-corrected chi connectivity index (χ3v) is 3.81. The lowest BCUT2D eigenvalue weighted by Gasteiger charge is -2.09. The molecule has 0 bridgehead atoms. The maximum Gasteiger partial charge on any atom is 0.147 e. The number of aryl methyl sites for hydroxylation is 1. The van der Waals surface area contributed by atoms with Crippen molar-refractivity contribution in [3.05, 3.63) is 32.3 Å². The normalized spacial score (nSPS) is 10.6. The summed E-state index contributed by atoms with van der Waals surface area (Å²) in [6.07, 6.45) is 0. The lowest BCUT2D eigenvalue weighted by Crippen LogP contribution is -1.90. The number of methoxy groups -OCH3 is 1. The fourth-order valence-corrected chi connectivity index (χ4v) is 2.50. The summed E-state index contributed by atoms with van der Waals surface area (Å²) in [5.74, 6) is 0.559. The van der Waals surface area contributed by atoms with E-state index in [1.54, 1.807) is 19.2 Å². The van der Waals surface area contributed by atoms with Crippen molar-refractivity contribution in [1.82, 2.24) is 10.2 Å². The third kappa shape index (κ3) is 2.30. The Balaban J connectivity index is 2.70. The van der Waals surface area contributed by atoms with Crippen LogP contribution in [0.5, 0.6) is 5.75 Å². The van der Waals surface area contributed by atoms with Gasteiger partial charge in [0.15, 0.2) is 0 Å². The van der Waals surface area contributed by atoms with E-state index in [0.29, 0.717) is 15.8 Å². The molecule has 2 aromatic rings. The number of halogens is 3. The molecule has 0 fully saturated rings. The Bertz CT molecular complexity index is 569. The summed E-state index contributed by atoms with van der Waals surface area (Å²) in [5, 5.41) is 8.10. The second kappa shape index (κ2) is 4.88. The average molecular weight is 336 g/mol. The van der Waals surface area contributed by atoms with Crippen LogP contribution in [0.4, 0.5) is 0 Å². The van der Waals surface area contributed by atoms with E-state index in [1.807, 2.05) is 6.92 Å². The van der Waals surface area contributed by atoms with Crippen molar-refractivity contribution >= 4 is 39.1 Å². The van der Waals surface area contributed by atoms with Crippen LogP contribution in [0.3, 0.4) is 0 Å². The number of rotatable bonds is 2. The highest BCUT2D eigenvalue weighted by molar-refractivity contribution is 9.10.